The maximum atomic E-state index is 12.6. The van der Waals surface area contributed by atoms with Crippen LogP contribution in [0.3, 0.4) is 0 Å². The highest BCUT2D eigenvalue weighted by Crippen LogP contribution is 2.24. The summed E-state index contributed by atoms with van der Waals surface area (Å²) in [6.07, 6.45) is 2.33. The zero-order chi connectivity index (χ0) is 15.1. The minimum absolute atomic E-state index is 0.0264. The van der Waals surface area contributed by atoms with Gasteiger partial charge in [0.1, 0.15) is 11.7 Å². The summed E-state index contributed by atoms with van der Waals surface area (Å²) in [5, 5.41) is 15.3. The molecule has 1 aromatic heterocycles. The van der Waals surface area contributed by atoms with Crippen molar-refractivity contribution in [1.29, 1.82) is 0 Å². The molecule has 1 aromatic rings. The molecule has 2 aliphatic rings. The van der Waals surface area contributed by atoms with E-state index in [2.05, 4.69) is 5.10 Å². The number of nitrogens with zero attached hydrogens (tertiary/aromatic N) is 4. The van der Waals surface area contributed by atoms with Crippen LogP contribution in [-0.4, -0.2) is 57.7 Å². The molecule has 2 unspecified atom stereocenters. The van der Waals surface area contributed by atoms with Gasteiger partial charge in [0.25, 0.3) is 5.91 Å². The molecule has 1 N–H and O–H groups in total. The van der Waals surface area contributed by atoms with Crippen molar-refractivity contribution < 1.29 is 14.6 Å². The van der Waals surface area contributed by atoms with Gasteiger partial charge in [0.15, 0.2) is 0 Å². The van der Waals surface area contributed by atoms with Gasteiger partial charge in [-0.05, 0) is 6.92 Å². The first-order chi connectivity index (χ1) is 9.99. The highest BCUT2D eigenvalue weighted by molar-refractivity contribution is 5.96. The molecule has 2 atom stereocenters. The molecule has 0 saturated carbocycles. The van der Waals surface area contributed by atoms with E-state index in [1.165, 1.54) is 17.6 Å². The van der Waals surface area contributed by atoms with E-state index in [4.69, 9.17) is 0 Å². The first-order valence-corrected chi connectivity index (χ1v) is 7.31. The topological polar surface area (TPSA) is 85.7 Å². The number of nitro groups is 1. The monoisotopic (exact) mass is 294 g/mol. The summed E-state index contributed by atoms with van der Waals surface area (Å²) >= 11 is 0. The third-order valence-electron chi connectivity index (χ3n) is 4.75. The number of nitrogens with one attached hydrogen (secondary N) is 1. The van der Waals surface area contributed by atoms with Crippen molar-refractivity contribution in [3.05, 3.63) is 21.5 Å². The lowest BCUT2D eigenvalue weighted by atomic mass is 10.1. The van der Waals surface area contributed by atoms with Crippen molar-refractivity contribution in [2.45, 2.75) is 25.8 Å². The molecule has 0 bridgehead atoms. The van der Waals surface area contributed by atoms with Crippen LogP contribution in [0.4, 0.5) is 5.69 Å². The number of quaternary nitrogens is 1. The van der Waals surface area contributed by atoms with E-state index in [1.54, 1.807) is 23.8 Å². The standard InChI is InChI=1S/C13H19N5O3/c1-9-12(18(20)21)11(14-15(9)2)13(19)17-7-6-16-5-3-4-10(16)8-17/h10H,3-8H2,1-2H3/p+1. The highest BCUT2D eigenvalue weighted by atomic mass is 16.6. The van der Waals surface area contributed by atoms with Gasteiger partial charge in [-0.15, -0.1) is 0 Å². The van der Waals surface area contributed by atoms with Gasteiger partial charge in [-0.2, -0.15) is 5.10 Å². The van der Waals surface area contributed by atoms with E-state index in [-0.39, 0.29) is 17.3 Å². The lowest BCUT2D eigenvalue weighted by molar-refractivity contribution is -0.916. The molecule has 2 saturated heterocycles. The first kappa shape index (κ1) is 14.0. The van der Waals surface area contributed by atoms with Crippen molar-refractivity contribution in [1.82, 2.24) is 14.7 Å². The molecule has 2 fully saturated rings. The van der Waals surface area contributed by atoms with Crippen LogP contribution in [0.2, 0.25) is 0 Å². The average Bonchev–Trinajstić information content (AvgIpc) is 3.02. The van der Waals surface area contributed by atoms with E-state index < -0.39 is 4.92 Å². The Balaban J connectivity index is 1.85. The summed E-state index contributed by atoms with van der Waals surface area (Å²) < 4.78 is 1.41. The average molecular weight is 294 g/mol. The van der Waals surface area contributed by atoms with E-state index >= 15 is 0 Å². The molecular formula is C13H20N5O3+. The lowest BCUT2D eigenvalue weighted by Crippen LogP contribution is -3.16. The number of aryl methyl sites for hydroxylation is 1. The van der Waals surface area contributed by atoms with Gasteiger partial charge in [-0.3, -0.25) is 19.6 Å². The van der Waals surface area contributed by atoms with Crippen LogP contribution in [0, 0.1) is 17.0 Å². The van der Waals surface area contributed by atoms with E-state index in [9.17, 15) is 14.9 Å². The van der Waals surface area contributed by atoms with Gasteiger partial charge < -0.3 is 9.80 Å². The fraction of sp³-hybridized carbons (Fsp3) is 0.692. The summed E-state index contributed by atoms with van der Waals surface area (Å²) in [5.74, 6) is -0.309. The van der Waals surface area contributed by atoms with Crippen molar-refractivity contribution in [3.63, 3.8) is 0 Å². The Morgan fingerprint density at radius 3 is 2.95 bits per heavy atom. The van der Waals surface area contributed by atoms with Crippen LogP contribution in [0.15, 0.2) is 0 Å². The van der Waals surface area contributed by atoms with E-state index in [0.29, 0.717) is 24.8 Å². The predicted molar refractivity (Wildman–Crippen MR) is 74.2 cm³/mol. The molecule has 0 aliphatic carbocycles. The van der Waals surface area contributed by atoms with Crippen LogP contribution in [-0.2, 0) is 7.05 Å². The molecule has 8 nitrogen and oxygen atoms in total. The molecule has 8 heteroatoms. The van der Waals surface area contributed by atoms with Gasteiger partial charge >= 0.3 is 5.69 Å². The first-order valence-electron chi connectivity index (χ1n) is 7.31. The van der Waals surface area contributed by atoms with Gasteiger partial charge in [0, 0.05) is 19.9 Å². The van der Waals surface area contributed by atoms with Crippen LogP contribution in [0.5, 0.6) is 0 Å². The SMILES string of the molecule is Cc1c([N+](=O)[O-])c(C(=O)N2CC[NH+]3CCCC3C2)nn1C. The summed E-state index contributed by atoms with van der Waals surface area (Å²) in [4.78, 5) is 26.6. The van der Waals surface area contributed by atoms with Gasteiger partial charge in [-0.1, -0.05) is 0 Å². The molecule has 21 heavy (non-hydrogen) atoms. The fourth-order valence-electron chi connectivity index (χ4n) is 3.46. The third kappa shape index (κ3) is 2.29. The smallest absolute Gasteiger partial charge is 0.322 e. The van der Waals surface area contributed by atoms with Gasteiger partial charge in [0.05, 0.1) is 31.1 Å². The summed E-state index contributed by atoms with van der Waals surface area (Å²) in [6.45, 7) is 5.05. The number of rotatable bonds is 2. The van der Waals surface area contributed by atoms with Crippen molar-refractivity contribution in [2.75, 3.05) is 26.2 Å². The second kappa shape index (κ2) is 5.10. The summed E-state index contributed by atoms with van der Waals surface area (Å²) in [5.41, 5.74) is 0.221. The third-order valence-corrected chi connectivity index (χ3v) is 4.75. The summed E-state index contributed by atoms with van der Waals surface area (Å²) in [7, 11) is 1.62. The Morgan fingerprint density at radius 2 is 2.24 bits per heavy atom. The number of piperazine rings is 1. The highest BCUT2D eigenvalue weighted by Gasteiger charge is 2.39. The molecule has 0 radical (unpaired) electrons. The second-order valence-electron chi connectivity index (χ2n) is 5.91. The zero-order valence-corrected chi connectivity index (χ0v) is 12.3. The Morgan fingerprint density at radius 1 is 1.48 bits per heavy atom. The fourth-order valence-corrected chi connectivity index (χ4v) is 3.46. The maximum Gasteiger partial charge on any atom is 0.322 e. The molecule has 2 aliphatic heterocycles. The van der Waals surface area contributed by atoms with Crippen molar-refractivity contribution in [2.24, 2.45) is 7.05 Å². The predicted octanol–water partition coefficient (Wildman–Crippen LogP) is -0.860. The molecular weight excluding hydrogens is 274 g/mol. The normalized spacial score (nSPS) is 25.0. The molecule has 1 amide bonds. The number of aromatic nitrogens is 2. The van der Waals surface area contributed by atoms with Gasteiger partial charge in [0.2, 0.25) is 5.69 Å². The molecule has 0 aromatic carbocycles. The van der Waals surface area contributed by atoms with E-state index in [1.807, 2.05) is 0 Å². The Labute approximate surface area is 122 Å². The van der Waals surface area contributed by atoms with Crippen LogP contribution in [0.1, 0.15) is 29.0 Å². The number of hydrogen-bond acceptors (Lipinski definition) is 4. The number of carbonyl (C=O) groups excluding carboxylic acids is 1. The van der Waals surface area contributed by atoms with Crippen LogP contribution >= 0.6 is 0 Å². The van der Waals surface area contributed by atoms with Crippen LogP contribution < -0.4 is 4.90 Å². The number of hydrogen-bond donors (Lipinski definition) is 1. The van der Waals surface area contributed by atoms with Gasteiger partial charge in [-0.25, -0.2) is 0 Å². The lowest BCUT2D eigenvalue weighted by Gasteiger charge is -2.34. The summed E-state index contributed by atoms with van der Waals surface area (Å²) in [6, 6.07) is 0.478. The minimum atomic E-state index is -0.507. The molecule has 0 spiro atoms. The van der Waals surface area contributed by atoms with Crippen molar-refractivity contribution >= 4 is 11.6 Å². The Bertz CT molecular complexity index is 597. The number of carbonyl (C=O) groups is 1. The van der Waals surface area contributed by atoms with E-state index in [0.717, 1.165) is 13.0 Å². The molecule has 3 heterocycles. The van der Waals surface area contributed by atoms with Crippen molar-refractivity contribution in [3.8, 4) is 0 Å². The Kier molecular flexibility index (Phi) is 3.40. The number of fused-ring (bicyclic) bond motifs is 1. The molecule has 3 rings (SSSR count). The molecule has 114 valence electrons. The Hall–Kier alpha value is -1.96. The maximum absolute atomic E-state index is 12.6. The van der Waals surface area contributed by atoms with Crippen LogP contribution in [0.25, 0.3) is 0 Å². The second-order valence-corrected chi connectivity index (χ2v) is 5.91. The zero-order valence-electron chi connectivity index (χ0n) is 12.3. The minimum Gasteiger partial charge on any atom is -0.330 e. The largest absolute Gasteiger partial charge is 0.330 e. The number of amides is 1. The quantitative estimate of drug-likeness (QED) is 0.568.